The van der Waals surface area contributed by atoms with E-state index >= 15 is 0 Å². The highest BCUT2D eigenvalue weighted by Crippen LogP contribution is 2.33. The van der Waals surface area contributed by atoms with Crippen LogP contribution in [0.5, 0.6) is 0 Å². The van der Waals surface area contributed by atoms with Gasteiger partial charge in [0.15, 0.2) is 0 Å². The molecule has 0 spiro atoms. The summed E-state index contributed by atoms with van der Waals surface area (Å²) in [5.41, 5.74) is 1.66. The first kappa shape index (κ1) is 17.8. The maximum Gasteiger partial charge on any atom is 0.406 e. The van der Waals surface area contributed by atoms with Crippen LogP contribution in [0.1, 0.15) is 0 Å². The largest absolute Gasteiger partial charge is 0.406 e. The molecule has 0 atom stereocenters. The first-order valence-electron chi connectivity index (χ1n) is 7.99. The quantitative estimate of drug-likeness (QED) is 0.540. The lowest BCUT2D eigenvalue weighted by molar-refractivity contribution is -0.140. The molecule has 0 aliphatic heterocycles. The van der Waals surface area contributed by atoms with Gasteiger partial charge in [0, 0.05) is 17.3 Å². The van der Waals surface area contributed by atoms with E-state index in [-0.39, 0.29) is 11.4 Å². The van der Waals surface area contributed by atoms with Gasteiger partial charge in [0.05, 0.1) is 17.7 Å². The molecule has 142 valence electrons. The molecule has 1 aromatic carbocycles. The van der Waals surface area contributed by atoms with Gasteiger partial charge in [0.25, 0.3) is 0 Å². The zero-order valence-corrected chi connectivity index (χ0v) is 14.0. The number of pyridine rings is 1. The number of H-pyrrole nitrogens is 1. The second-order valence-corrected chi connectivity index (χ2v) is 5.86. The lowest BCUT2D eigenvalue weighted by atomic mass is 10.1. The molecule has 0 aliphatic carbocycles. The summed E-state index contributed by atoms with van der Waals surface area (Å²) >= 11 is 0. The number of benzene rings is 1. The summed E-state index contributed by atoms with van der Waals surface area (Å²) < 4.78 is 53.3. The number of alkyl halides is 3. The van der Waals surface area contributed by atoms with Gasteiger partial charge < -0.3 is 4.57 Å². The molecule has 28 heavy (non-hydrogen) atoms. The Bertz CT molecular complexity index is 1090. The Morgan fingerprint density at radius 2 is 1.79 bits per heavy atom. The van der Waals surface area contributed by atoms with Crippen LogP contribution in [0.3, 0.4) is 0 Å². The SMILES string of the molecule is Fc1ccc(-c2c(-c3cc(-c4nn[nH]n4)ccn3)ncn2CC(F)(F)F)cc1. The van der Waals surface area contributed by atoms with Crippen LogP contribution in [0, 0.1) is 5.82 Å². The third-order valence-electron chi connectivity index (χ3n) is 3.91. The minimum absolute atomic E-state index is 0.176. The molecule has 0 aliphatic rings. The Morgan fingerprint density at radius 3 is 2.46 bits per heavy atom. The van der Waals surface area contributed by atoms with E-state index in [0.29, 0.717) is 22.6 Å². The Balaban J connectivity index is 1.85. The molecule has 0 bridgehead atoms. The van der Waals surface area contributed by atoms with E-state index in [1.807, 2.05) is 0 Å². The van der Waals surface area contributed by atoms with E-state index in [1.54, 1.807) is 12.1 Å². The fourth-order valence-electron chi connectivity index (χ4n) is 2.78. The molecule has 11 heteroatoms. The highest BCUT2D eigenvalue weighted by molar-refractivity contribution is 5.78. The topological polar surface area (TPSA) is 85.2 Å². The van der Waals surface area contributed by atoms with Crippen molar-refractivity contribution in [3.05, 3.63) is 54.7 Å². The van der Waals surface area contributed by atoms with Crippen LogP contribution in [0.25, 0.3) is 34.0 Å². The van der Waals surface area contributed by atoms with Crippen LogP contribution in [-0.4, -0.2) is 41.3 Å². The summed E-state index contributed by atoms with van der Waals surface area (Å²) in [7, 11) is 0. The molecule has 0 unspecified atom stereocenters. The number of aromatic nitrogens is 7. The summed E-state index contributed by atoms with van der Waals surface area (Å²) in [6.45, 7) is -1.24. The first-order chi connectivity index (χ1) is 13.4. The fourth-order valence-corrected chi connectivity index (χ4v) is 2.78. The highest BCUT2D eigenvalue weighted by atomic mass is 19.4. The van der Waals surface area contributed by atoms with Crippen molar-refractivity contribution in [2.45, 2.75) is 12.7 Å². The summed E-state index contributed by atoms with van der Waals surface area (Å²) in [6.07, 6.45) is -1.89. The van der Waals surface area contributed by atoms with E-state index in [4.69, 9.17) is 0 Å². The highest BCUT2D eigenvalue weighted by Gasteiger charge is 2.30. The lowest BCUT2D eigenvalue weighted by Gasteiger charge is -2.12. The van der Waals surface area contributed by atoms with Crippen molar-refractivity contribution in [1.29, 1.82) is 0 Å². The molecule has 4 rings (SSSR count). The third kappa shape index (κ3) is 3.59. The maximum absolute atomic E-state index is 13.3. The molecular formula is C17H11F4N7. The summed E-state index contributed by atoms with van der Waals surface area (Å²) in [4.78, 5) is 8.35. The Hall–Kier alpha value is -3.63. The smallest absolute Gasteiger partial charge is 0.321 e. The maximum atomic E-state index is 13.3. The van der Waals surface area contributed by atoms with Crippen molar-refractivity contribution in [2.75, 3.05) is 0 Å². The van der Waals surface area contributed by atoms with Crippen LogP contribution < -0.4 is 0 Å². The van der Waals surface area contributed by atoms with Gasteiger partial charge in [-0.15, -0.1) is 10.2 Å². The van der Waals surface area contributed by atoms with Gasteiger partial charge in [0.1, 0.15) is 18.1 Å². The Morgan fingerprint density at radius 1 is 1.00 bits per heavy atom. The molecule has 1 N–H and O–H groups in total. The summed E-state index contributed by atoms with van der Waals surface area (Å²) in [6, 6.07) is 8.37. The standard InChI is InChI=1S/C17H11F4N7/c18-12-3-1-10(2-4-12)15-14(23-9-28(15)8-17(19,20)21)13-7-11(5-6-22-13)16-24-26-27-25-16/h1-7,9H,8H2,(H,24,25,26,27). The van der Waals surface area contributed by atoms with Gasteiger partial charge in [-0.05, 0) is 41.6 Å². The number of nitrogens with one attached hydrogen (secondary N) is 1. The zero-order chi connectivity index (χ0) is 19.7. The van der Waals surface area contributed by atoms with Gasteiger partial charge in [-0.3, -0.25) is 4.98 Å². The van der Waals surface area contributed by atoms with Crippen LogP contribution in [0.4, 0.5) is 17.6 Å². The van der Waals surface area contributed by atoms with E-state index < -0.39 is 18.5 Å². The van der Waals surface area contributed by atoms with E-state index in [2.05, 4.69) is 30.6 Å². The molecule has 0 amide bonds. The van der Waals surface area contributed by atoms with E-state index in [0.717, 1.165) is 10.9 Å². The van der Waals surface area contributed by atoms with Crippen molar-refractivity contribution < 1.29 is 17.6 Å². The van der Waals surface area contributed by atoms with Crippen molar-refractivity contribution >= 4 is 0 Å². The van der Waals surface area contributed by atoms with Crippen LogP contribution in [-0.2, 0) is 6.54 Å². The fraction of sp³-hybridized carbons (Fsp3) is 0.118. The molecule has 0 fully saturated rings. The second-order valence-electron chi connectivity index (χ2n) is 5.86. The van der Waals surface area contributed by atoms with Gasteiger partial charge in [-0.25, -0.2) is 9.37 Å². The minimum Gasteiger partial charge on any atom is -0.321 e. The number of hydrogen-bond donors (Lipinski definition) is 1. The van der Waals surface area contributed by atoms with Crippen molar-refractivity contribution in [1.82, 2.24) is 35.2 Å². The second kappa shape index (κ2) is 6.83. The van der Waals surface area contributed by atoms with Crippen molar-refractivity contribution in [2.24, 2.45) is 0 Å². The molecule has 7 nitrogen and oxygen atoms in total. The van der Waals surface area contributed by atoms with Gasteiger partial charge in [0.2, 0.25) is 5.82 Å². The number of rotatable bonds is 4. The zero-order valence-electron chi connectivity index (χ0n) is 14.0. The van der Waals surface area contributed by atoms with Crippen LogP contribution in [0.15, 0.2) is 48.9 Å². The molecule has 4 aromatic rings. The Labute approximate surface area is 155 Å². The van der Waals surface area contributed by atoms with Crippen molar-refractivity contribution in [3.63, 3.8) is 0 Å². The van der Waals surface area contributed by atoms with Gasteiger partial charge in [-0.2, -0.15) is 18.4 Å². The average molecular weight is 389 g/mol. The monoisotopic (exact) mass is 389 g/mol. The molecule has 0 radical (unpaired) electrons. The number of hydrogen-bond acceptors (Lipinski definition) is 5. The van der Waals surface area contributed by atoms with E-state index in [1.165, 1.54) is 30.5 Å². The minimum atomic E-state index is -4.45. The average Bonchev–Trinajstić information content (AvgIpc) is 3.32. The predicted molar refractivity (Wildman–Crippen MR) is 90.1 cm³/mol. The normalized spacial score (nSPS) is 11.7. The predicted octanol–water partition coefficient (Wildman–Crippen LogP) is 3.49. The molecular weight excluding hydrogens is 378 g/mol. The van der Waals surface area contributed by atoms with Crippen molar-refractivity contribution in [3.8, 4) is 34.0 Å². The van der Waals surface area contributed by atoms with Gasteiger partial charge in [-0.1, -0.05) is 0 Å². The lowest BCUT2D eigenvalue weighted by Crippen LogP contribution is -2.17. The molecule has 3 heterocycles. The van der Waals surface area contributed by atoms with Gasteiger partial charge >= 0.3 is 6.18 Å². The summed E-state index contributed by atoms with van der Waals surface area (Å²) in [5.74, 6) is -0.189. The number of halogens is 4. The third-order valence-corrected chi connectivity index (χ3v) is 3.91. The number of imidazole rings is 1. The molecule has 0 saturated heterocycles. The van der Waals surface area contributed by atoms with Crippen LogP contribution in [0.2, 0.25) is 0 Å². The number of aromatic amines is 1. The Kier molecular flexibility index (Phi) is 4.34. The number of nitrogens with zero attached hydrogens (tertiary/aromatic N) is 6. The van der Waals surface area contributed by atoms with E-state index in [9.17, 15) is 17.6 Å². The number of tetrazole rings is 1. The first-order valence-corrected chi connectivity index (χ1v) is 7.99. The molecule has 0 saturated carbocycles. The van der Waals surface area contributed by atoms with Crippen LogP contribution >= 0.6 is 0 Å². The molecule has 3 aromatic heterocycles. The summed E-state index contributed by atoms with van der Waals surface area (Å²) in [5, 5.41) is 13.6.